The summed E-state index contributed by atoms with van der Waals surface area (Å²) >= 11 is 0. The summed E-state index contributed by atoms with van der Waals surface area (Å²) < 4.78 is 0. The van der Waals surface area contributed by atoms with Gasteiger partial charge < -0.3 is 10.2 Å². The summed E-state index contributed by atoms with van der Waals surface area (Å²) in [5, 5.41) is 2.97. The van der Waals surface area contributed by atoms with Crippen molar-refractivity contribution in [3.05, 3.63) is 71.3 Å². The minimum absolute atomic E-state index is 0.0675. The van der Waals surface area contributed by atoms with E-state index in [4.69, 9.17) is 0 Å². The number of nitrogens with one attached hydrogen (secondary N) is 1. The Kier molecular flexibility index (Phi) is 4.94. The number of carbonyl (C=O) groups excluding carboxylic acids is 2. The van der Waals surface area contributed by atoms with E-state index in [9.17, 15) is 9.59 Å². The monoisotopic (exact) mass is 322 g/mol. The summed E-state index contributed by atoms with van der Waals surface area (Å²) in [4.78, 5) is 26.3. The lowest BCUT2D eigenvalue weighted by atomic mass is 10.1. The van der Waals surface area contributed by atoms with Crippen LogP contribution >= 0.6 is 0 Å². The number of nitrogens with zero attached hydrogens (tertiary/aromatic N) is 1. The molecular formula is C20H22N2O2. The zero-order valence-corrected chi connectivity index (χ0v) is 13.9. The van der Waals surface area contributed by atoms with Crippen molar-refractivity contribution in [2.45, 2.75) is 19.9 Å². The molecule has 0 saturated carbocycles. The highest BCUT2D eigenvalue weighted by Crippen LogP contribution is 2.20. The molecule has 3 rings (SSSR count). The zero-order valence-electron chi connectivity index (χ0n) is 13.9. The van der Waals surface area contributed by atoms with Gasteiger partial charge in [-0.3, -0.25) is 9.59 Å². The first kappa shape index (κ1) is 16.2. The maximum absolute atomic E-state index is 12.3. The number of amides is 2. The van der Waals surface area contributed by atoms with Gasteiger partial charge in [-0.1, -0.05) is 48.5 Å². The van der Waals surface area contributed by atoms with Gasteiger partial charge in [0.2, 0.25) is 5.91 Å². The summed E-state index contributed by atoms with van der Waals surface area (Å²) in [5.41, 5.74) is 2.79. The van der Waals surface area contributed by atoms with E-state index in [0.29, 0.717) is 31.6 Å². The summed E-state index contributed by atoms with van der Waals surface area (Å²) in [5.74, 6) is 0.269. The van der Waals surface area contributed by atoms with Crippen LogP contribution in [0.3, 0.4) is 0 Å². The third-order valence-electron chi connectivity index (χ3n) is 4.45. The molecule has 24 heavy (non-hydrogen) atoms. The molecule has 1 N–H and O–H groups in total. The van der Waals surface area contributed by atoms with Gasteiger partial charge in [0.1, 0.15) is 0 Å². The first-order chi connectivity index (χ1) is 11.6. The van der Waals surface area contributed by atoms with Crippen LogP contribution in [0.4, 0.5) is 0 Å². The zero-order chi connectivity index (χ0) is 16.9. The molecule has 1 heterocycles. The van der Waals surface area contributed by atoms with Gasteiger partial charge in [0.25, 0.3) is 5.91 Å². The van der Waals surface area contributed by atoms with Crippen molar-refractivity contribution in [3.63, 3.8) is 0 Å². The van der Waals surface area contributed by atoms with Gasteiger partial charge in [0.05, 0.1) is 0 Å². The van der Waals surface area contributed by atoms with E-state index in [2.05, 4.69) is 5.32 Å². The second kappa shape index (κ2) is 7.30. The van der Waals surface area contributed by atoms with Crippen molar-refractivity contribution >= 4 is 11.8 Å². The fourth-order valence-electron chi connectivity index (χ4n) is 3.11. The van der Waals surface area contributed by atoms with Crippen LogP contribution in [0.15, 0.2) is 54.6 Å². The van der Waals surface area contributed by atoms with Crippen molar-refractivity contribution in [2.24, 2.45) is 5.92 Å². The maximum Gasteiger partial charge on any atom is 0.251 e. The SMILES string of the molecule is Cc1ccccc1C(=O)NC[C@H]1CC(=O)N(Cc2ccccc2)C1. The molecule has 2 aromatic rings. The summed E-state index contributed by atoms with van der Waals surface area (Å²) in [6.07, 6.45) is 0.501. The Balaban J connectivity index is 1.53. The van der Waals surface area contributed by atoms with E-state index >= 15 is 0 Å². The molecule has 2 amide bonds. The van der Waals surface area contributed by atoms with Crippen LogP contribution in [0, 0.1) is 12.8 Å². The molecule has 0 unspecified atom stereocenters. The highest BCUT2D eigenvalue weighted by molar-refractivity contribution is 5.95. The Hall–Kier alpha value is -2.62. The van der Waals surface area contributed by atoms with E-state index in [-0.39, 0.29) is 17.7 Å². The molecule has 4 heteroatoms. The fraction of sp³-hybridized carbons (Fsp3) is 0.300. The number of rotatable bonds is 5. The fourth-order valence-corrected chi connectivity index (χ4v) is 3.11. The maximum atomic E-state index is 12.3. The van der Waals surface area contributed by atoms with E-state index in [0.717, 1.165) is 11.1 Å². The van der Waals surface area contributed by atoms with Crippen molar-refractivity contribution in [2.75, 3.05) is 13.1 Å². The van der Waals surface area contributed by atoms with E-state index in [1.807, 2.05) is 66.4 Å². The second-order valence-electron chi connectivity index (χ2n) is 6.35. The minimum atomic E-state index is -0.0675. The number of aryl methyl sites for hydroxylation is 1. The van der Waals surface area contributed by atoms with Crippen LogP contribution in [0.2, 0.25) is 0 Å². The van der Waals surface area contributed by atoms with Crippen LogP contribution in [0.1, 0.15) is 27.9 Å². The average Bonchev–Trinajstić information content (AvgIpc) is 2.94. The first-order valence-corrected chi connectivity index (χ1v) is 8.29. The Labute approximate surface area is 142 Å². The van der Waals surface area contributed by atoms with Gasteiger partial charge in [-0.05, 0) is 24.1 Å². The molecule has 1 fully saturated rings. The summed E-state index contributed by atoms with van der Waals surface area (Å²) in [6, 6.07) is 17.5. The van der Waals surface area contributed by atoms with Crippen LogP contribution in [0.5, 0.6) is 0 Å². The van der Waals surface area contributed by atoms with Crippen LogP contribution < -0.4 is 5.32 Å². The average molecular weight is 322 g/mol. The number of carbonyl (C=O) groups is 2. The molecule has 1 atom stereocenters. The van der Waals surface area contributed by atoms with Gasteiger partial charge in [0, 0.05) is 37.5 Å². The van der Waals surface area contributed by atoms with Crippen LogP contribution in [-0.2, 0) is 11.3 Å². The van der Waals surface area contributed by atoms with Crippen molar-refractivity contribution in [3.8, 4) is 0 Å². The molecule has 0 bridgehead atoms. The third-order valence-corrected chi connectivity index (χ3v) is 4.45. The first-order valence-electron chi connectivity index (χ1n) is 8.29. The van der Waals surface area contributed by atoms with Gasteiger partial charge >= 0.3 is 0 Å². The molecule has 0 spiro atoms. The lowest BCUT2D eigenvalue weighted by molar-refractivity contribution is -0.128. The molecule has 1 saturated heterocycles. The predicted molar refractivity (Wildman–Crippen MR) is 93.5 cm³/mol. The van der Waals surface area contributed by atoms with Gasteiger partial charge in [-0.15, -0.1) is 0 Å². The Morgan fingerprint density at radius 2 is 1.83 bits per heavy atom. The van der Waals surface area contributed by atoms with Crippen LogP contribution in [-0.4, -0.2) is 29.8 Å². The molecule has 2 aromatic carbocycles. The predicted octanol–water partition coefficient (Wildman–Crippen LogP) is 2.77. The molecule has 1 aliphatic heterocycles. The molecular weight excluding hydrogens is 300 g/mol. The highest BCUT2D eigenvalue weighted by Gasteiger charge is 2.29. The van der Waals surface area contributed by atoms with Crippen LogP contribution in [0.25, 0.3) is 0 Å². The van der Waals surface area contributed by atoms with Crippen molar-refractivity contribution in [1.29, 1.82) is 0 Å². The van der Waals surface area contributed by atoms with Gasteiger partial charge in [0.15, 0.2) is 0 Å². The molecule has 1 aliphatic rings. The van der Waals surface area contributed by atoms with Crippen molar-refractivity contribution < 1.29 is 9.59 Å². The normalized spacial score (nSPS) is 17.1. The molecule has 4 nitrogen and oxygen atoms in total. The largest absolute Gasteiger partial charge is 0.352 e. The number of hydrogen-bond donors (Lipinski definition) is 1. The lowest BCUT2D eigenvalue weighted by Crippen LogP contribution is -2.31. The highest BCUT2D eigenvalue weighted by atomic mass is 16.2. The Bertz CT molecular complexity index is 727. The molecule has 0 aromatic heterocycles. The van der Waals surface area contributed by atoms with Crippen molar-refractivity contribution in [1.82, 2.24) is 10.2 Å². The number of benzene rings is 2. The van der Waals surface area contributed by atoms with E-state index in [1.165, 1.54) is 0 Å². The summed E-state index contributed by atoms with van der Waals surface area (Å²) in [7, 11) is 0. The molecule has 124 valence electrons. The Morgan fingerprint density at radius 1 is 1.12 bits per heavy atom. The quantitative estimate of drug-likeness (QED) is 0.920. The minimum Gasteiger partial charge on any atom is -0.352 e. The second-order valence-corrected chi connectivity index (χ2v) is 6.35. The van der Waals surface area contributed by atoms with E-state index in [1.54, 1.807) is 0 Å². The summed E-state index contributed by atoms with van der Waals surface area (Å²) in [6.45, 7) is 3.80. The smallest absolute Gasteiger partial charge is 0.251 e. The van der Waals surface area contributed by atoms with Gasteiger partial charge in [-0.2, -0.15) is 0 Å². The molecule has 0 aliphatic carbocycles. The third kappa shape index (κ3) is 3.82. The number of hydrogen-bond acceptors (Lipinski definition) is 2. The number of likely N-dealkylation sites (tertiary alicyclic amines) is 1. The standard InChI is InChI=1S/C20H22N2O2/c1-15-7-5-6-10-18(15)20(24)21-12-17-11-19(23)22(14-17)13-16-8-3-2-4-9-16/h2-10,17H,11-14H2,1H3,(H,21,24)/t17-/m1/s1. The molecule has 0 radical (unpaired) electrons. The van der Waals surface area contributed by atoms with Gasteiger partial charge in [-0.25, -0.2) is 0 Å². The van der Waals surface area contributed by atoms with E-state index < -0.39 is 0 Å². The lowest BCUT2D eigenvalue weighted by Gasteiger charge is -2.17. The Morgan fingerprint density at radius 3 is 2.58 bits per heavy atom. The topological polar surface area (TPSA) is 49.4 Å².